The summed E-state index contributed by atoms with van der Waals surface area (Å²) in [6.07, 6.45) is 3.16. The summed E-state index contributed by atoms with van der Waals surface area (Å²) in [5.74, 6) is -0.282. The van der Waals surface area contributed by atoms with Gasteiger partial charge >= 0.3 is 0 Å². The van der Waals surface area contributed by atoms with E-state index in [1.54, 1.807) is 29.6 Å². The van der Waals surface area contributed by atoms with Crippen LogP contribution in [0.4, 0.5) is 4.39 Å². The molecule has 0 N–H and O–H groups in total. The second-order valence-electron chi connectivity index (χ2n) is 6.99. The Labute approximate surface area is 155 Å². The number of hydrogen-bond donors (Lipinski definition) is 0. The minimum absolute atomic E-state index is 0.00457. The van der Waals surface area contributed by atoms with E-state index >= 15 is 0 Å². The molecule has 0 spiro atoms. The van der Waals surface area contributed by atoms with Gasteiger partial charge in [-0.15, -0.1) is 5.10 Å². The molecule has 1 aliphatic heterocycles. The van der Waals surface area contributed by atoms with Crippen molar-refractivity contribution in [1.82, 2.24) is 24.6 Å². The maximum Gasteiger partial charge on any atom is 0.219 e. The monoisotopic (exact) mass is 369 g/mol. The van der Waals surface area contributed by atoms with Crippen LogP contribution in [0.25, 0.3) is 22.3 Å². The van der Waals surface area contributed by atoms with E-state index in [-0.39, 0.29) is 23.8 Å². The average Bonchev–Trinajstić information content (AvgIpc) is 3.03. The van der Waals surface area contributed by atoms with Crippen LogP contribution in [0, 0.1) is 5.82 Å². The third-order valence-corrected chi connectivity index (χ3v) is 4.75. The fourth-order valence-electron chi connectivity index (χ4n) is 3.15. The maximum atomic E-state index is 14.2. The SMILES string of the molecule is CC(=O)N1CC(Oc2cc(-c3cnnc4c3ncn4C(C)C)ccc2F)C1. The minimum Gasteiger partial charge on any atom is -0.484 e. The summed E-state index contributed by atoms with van der Waals surface area (Å²) in [5, 5.41) is 8.28. The normalized spacial score (nSPS) is 14.6. The number of ether oxygens (including phenoxy) is 1. The van der Waals surface area contributed by atoms with Crippen molar-refractivity contribution in [2.45, 2.75) is 32.9 Å². The highest BCUT2D eigenvalue weighted by Gasteiger charge is 2.31. The molecule has 4 rings (SSSR count). The zero-order chi connectivity index (χ0) is 19.1. The van der Waals surface area contributed by atoms with Crippen LogP contribution in [0.5, 0.6) is 5.75 Å². The number of imidazole rings is 1. The molecule has 0 aliphatic carbocycles. The smallest absolute Gasteiger partial charge is 0.219 e. The minimum atomic E-state index is -0.439. The van der Waals surface area contributed by atoms with Crippen molar-refractivity contribution in [3.8, 4) is 16.9 Å². The second kappa shape index (κ2) is 6.61. The average molecular weight is 369 g/mol. The first-order valence-corrected chi connectivity index (χ1v) is 8.84. The van der Waals surface area contributed by atoms with E-state index in [0.717, 1.165) is 11.1 Å². The quantitative estimate of drug-likeness (QED) is 0.707. The summed E-state index contributed by atoms with van der Waals surface area (Å²) in [7, 11) is 0. The summed E-state index contributed by atoms with van der Waals surface area (Å²) >= 11 is 0. The molecule has 2 aromatic heterocycles. The van der Waals surface area contributed by atoms with Crippen LogP contribution in [0.15, 0.2) is 30.7 Å². The lowest BCUT2D eigenvalue weighted by atomic mass is 10.1. The predicted molar refractivity (Wildman–Crippen MR) is 97.8 cm³/mol. The van der Waals surface area contributed by atoms with E-state index in [0.29, 0.717) is 24.3 Å². The number of halogens is 1. The van der Waals surface area contributed by atoms with E-state index in [1.165, 1.54) is 13.0 Å². The number of aromatic nitrogens is 4. The predicted octanol–water partition coefficient (Wildman–Crippen LogP) is 2.82. The van der Waals surface area contributed by atoms with Crippen molar-refractivity contribution in [1.29, 1.82) is 0 Å². The van der Waals surface area contributed by atoms with Gasteiger partial charge in [0.25, 0.3) is 0 Å². The number of carbonyl (C=O) groups excluding carboxylic acids is 1. The number of hydrogen-bond acceptors (Lipinski definition) is 5. The lowest BCUT2D eigenvalue weighted by Gasteiger charge is -2.38. The topological polar surface area (TPSA) is 73.1 Å². The van der Waals surface area contributed by atoms with E-state index in [4.69, 9.17) is 4.74 Å². The zero-order valence-corrected chi connectivity index (χ0v) is 15.4. The molecule has 1 amide bonds. The van der Waals surface area contributed by atoms with Gasteiger partial charge in [-0.05, 0) is 31.5 Å². The lowest BCUT2D eigenvalue weighted by Crippen LogP contribution is -2.55. The van der Waals surface area contributed by atoms with Gasteiger partial charge in [0.1, 0.15) is 11.6 Å². The van der Waals surface area contributed by atoms with E-state index in [1.807, 2.05) is 18.4 Å². The highest BCUT2D eigenvalue weighted by atomic mass is 19.1. The molecule has 1 saturated heterocycles. The van der Waals surface area contributed by atoms with Crippen LogP contribution in [0.2, 0.25) is 0 Å². The molecule has 0 unspecified atom stereocenters. The summed E-state index contributed by atoms with van der Waals surface area (Å²) in [6.45, 7) is 6.54. The Kier molecular flexibility index (Phi) is 4.25. The lowest BCUT2D eigenvalue weighted by molar-refractivity contribution is -0.137. The van der Waals surface area contributed by atoms with Crippen LogP contribution in [0.1, 0.15) is 26.8 Å². The van der Waals surface area contributed by atoms with E-state index < -0.39 is 5.82 Å². The van der Waals surface area contributed by atoms with Gasteiger partial charge in [-0.1, -0.05) is 6.07 Å². The number of rotatable bonds is 4. The molecule has 3 heterocycles. The molecular weight excluding hydrogens is 349 g/mol. The summed E-state index contributed by atoms with van der Waals surface area (Å²) in [6, 6.07) is 4.90. The Morgan fingerprint density at radius 2 is 2.11 bits per heavy atom. The zero-order valence-electron chi connectivity index (χ0n) is 15.4. The van der Waals surface area contributed by atoms with Crippen molar-refractivity contribution >= 4 is 17.1 Å². The Morgan fingerprint density at radius 1 is 1.33 bits per heavy atom. The highest BCUT2D eigenvalue weighted by Crippen LogP contribution is 2.31. The van der Waals surface area contributed by atoms with Gasteiger partial charge in [0.15, 0.2) is 17.2 Å². The van der Waals surface area contributed by atoms with E-state index in [9.17, 15) is 9.18 Å². The Hall–Kier alpha value is -3.03. The number of nitrogens with zero attached hydrogens (tertiary/aromatic N) is 5. The van der Waals surface area contributed by atoms with Crippen molar-refractivity contribution in [3.05, 3.63) is 36.5 Å². The molecule has 27 heavy (non-hydrogen) atoms. The number of amides is 1. The van der Waals surface area contributed by atoms with E-state index in [2.05, 4.69) is 15.2 Å². The van der Waals surface area contributed by atoms with Gasteiger partial charge in [-0.25, -0.2) is 9.37 Å². The molecule has 1 aliphatic rings. The summed E-state index contributed by atoms with van der Waals surface area (Å²) in [4.78, 5) is 17.4. The summed E-state index contributed by atoms with van der Waals surface area (Å²) in [5.41, 5.74) is 2.92. The second-order valence-corrected chi connectivity index (χ2v) is 6.99. The largest absolute Gasteiger partial charge is 0.484 e. The molecule has 1 aromatic carbocycles. The van der Waals surface area contributed by atoms with Crippen LogP contribution < -0.4 is 4.74 Å². The molecule has 7 nitrogen and oxygen atoms in total. The Balaban J connectivity index is 1.65. The number of carbonyl (C=O) groups is 1. The number of fused-ring (bicyclic) bond motifs is 1. The molecule has 8 heteroatoms. The molecular formula is C19H20FN5O2. The van der Waals surface area contributed by atoms with Gasteiger partial charge < -0.3 is 14.2 Å². The Bertz CT molecular complexity index is 1010. The van der Waals surface area contributed by atoms with Crippen molar-refractivity contribution < 1.29 is 13.9 Å². The third-order valence-electron chi connectivity index (χ3n) is 4.75. The van der Waals surface area contributed by atoms with Gasteiger partial charge in [-0.2, -0.15) is 5.10 Å². The standard InChI is InChI=1S/C19H20FN5O2/c1-11(2)25-10-21-18-15(7-22-23-19(18)25)13-4-5-16(20)17(6-13)27-14-8-24(9-14)12(3)26/h4-7,10-11,14H,8-9H2,1-3H3. The first-order chi connectivity index (χ1) is 12.9. The highest BCUT2D eigenvalue weighted by molar-refractivity contribution is 5.89. The summed E-state index contributed by atoms with van der Waals surface area (Å²) < 4.78 is 21.9. The number of benzene rings is 1. The van der Waals surface area contributed by atoms with Crippen LogP contribution >= 0.6 is 0 Å². The van der Waals surface area contributed by atoms with Gasteiger partial charge in [0, 0.05) is 18.5 Å². The fraction of sp³-hybridized carbons (Fsp3) is 0.368. The maximum absolute atomic E-state index is 14.2. The fourth-order valence-corrected chi connectivity index (χ4v) is 3.15. The number of likely N-dealkylation sites (tertiary alicyclic amines) is 1. The molecule has 140 valence electrons. The first-order valence-electron chi connectivity index (χ1n) is 8.84. The van der Waals surface area contributed by atoms with Crippen LogP contribution in [0.3, 0.4) is 0 Å². The molecule has 0 radical (unpaired) electrons. The molecule has 0 atom stereocenters. The van der Waals surface area contributed by atoms with Gasteiger partial charge in [-0.3, -0.25) is 4.79 Å². The molecule has 1 fully saturated rings. The molecule has 3 aromatic rings. The third kappa shape index (κ3) is 3.11. The molecule has 0 saturated carbocycles. The first kappa shape index (κ1) is 17.4. The van der Waals surface area contributed by atoms with Gasteiger partial charge in [0.2, 0.25) is 5.91 Å². The molecule has 0 bridgehead atoms. The Morgan fingerprint density at radius 3 is 2.81 bits per heavy atom. The van der Waals surface area contributed by atoms with Crippen molar-refractivity contribution in [2.75, 3.05) is 13.1 Å². The van der Waals surface area contributed by atoms with Gasteiger partial charge in [0.05, 0.1) is 25.6 Å². The van der Waals surface area contributed by atoms with Crippen LogP contribution in [-0.4, -0.2) is 49.7 Å². The van der Waals surface area contributed by atoms with Crippen molar-refractivity contribution in [2.24, 2.45) is 0 Å². The van der Waals surface area contributed by atoms with Crippen LogP contribution in [-0.2, 0) is 4.79 Å². The van der Waals surface area contributed by atoms with Crippen molar-refractivity contribution in [3.63, 3.8) is 0 Å².